The van der Waals surface area contributed by atoms with Gasteiger partial charge in [-0.05, 0) is 34.7 Å². The Balaban J connectivity index is 2.14. The molecule has 2 N–H and O–H groups in total. The maximum Gasteiger partial charge on any atom is 0.246 e. The molecular formula is C13H21N5O4S. The van der Waals surface area contributed by atoms with Gasteiger partial charge in [-0.2, -0.15) is 9.71 Å². The molecule has 9 nitrogen and oxygen atoms in total. The van der Waals surface area contributed by atoms with Crippen LogP contribution in [-0.2, 0) is 16.4 Å². The Morgan fingerprint density at radius 2 is 1.87 bits per heavy atom. The number of hydrogen-bond acceptors (Lipinski definition) is 8. The highest BCUT2D eigenvalue weighted by molar-refractivity contribution is 7.89. The lowest BCUT2D eigenvalue weighted by molar-refractivity contribution is 0.348. The van der Waals surface area contributed by atoms with Gasteiger partial charge in [0, 0.05) is 12.5 Å². The lowest BCUT2D eigenvalue weighted by atomic mass is 10.2. The van der Waals surface area contributed by atoms with Gasteiger partial charge in [-0.15, -0.1) is 0 Å². The second-order valence-electron chi connectivity index (χ2n) is 5.44. The average molecular weight is 343 g/mol. The van der Waals surface area contributed by atoms with Crippen LogP contribution in [0.15, 0.2) is 13.9 Å². The Bertz CT molecular complexity index is 748. The fraction of sp³-hybridized carbons (Fsp3) is 0.615. The van der Waals surface area contributed by atoms with Crippen molar-refractivity contribution >= 4 is 10.0 Å². The summed E-state index contributed by atoms with van der Waals surface area (Å²) in [4.78, 5) is 4.26. The number of likely N-dealkylation sites (N-methyl/N-ethyl adjacent to an activating group) is 1. The van der Waals surface area contributed by atoms with Crippen molar-refractivity contribution in [1.29, 1.82) is 0 Å². The fourth-order valence-corrected chi connectivity index (χ4v) is 3.63. The topological polar surface area (TPSA) is 123 Å². The molecule has 2 aromatic heterocycles. The summed E-state index contributed by atoms with van der Waals surface area (Å²) in [6.07, 6.45) is 0.587. The molecule has 0 aliphatic heterocycles. The van der Waals surface area contributed by atoms with Gasteiger partial charge >= 0.3 is 0 Å². The van der Waals surface area contributed by atoms with Crippen LogP contribution in [0.4, 0.5) is 0 Å². The normalized spacial score (nSPS) is 14.8. The van der Waals surface area contributed by atoms with E-state index in [2.05, 4.69) is 25.3 Å². The van der Waals surface area contributed by atoms with Crippen LogP contribution in [0, 0.1) is 13.8 Å². The summed E-state index contributed by atoms with van der Waals surface area (Å²) in [6, 6.07) is -0.477. The van der Waals surface area contributed by atoms with Gasteiger partial charge in [0.1, 0.15) is 10.6 Å². The Morgan fingerprint density at radius 3 is 2.43 bits per heavy atom. The minimum absolute atomic E-state index is 0.0351. The average Bonchev–Trinajstić information content (AvgIpc) is 3.05. The second kappa shape index (κ2) is 6.77. The van der Waals surface area contributed by atoms with Gasteiger partial charge in [-0.1, -0.05) is 10.3 Å². The van der Waals surface area contributed by atoms with Crippen molar-refractivity contribution < 1.29 is 17.5 Å². The van der Waals surface area contributed by atoms with E-state index in [0.29, 0.717) is 17.9 Å². The summed E-state index contributed by atoms with van der Waals surface area (Å²) in [5, 5.41) is 10.6. The summed E-state index contributed by atoms with van der Waals surface area (Å²) in [7, 11) is -1.95. The summed E-state index contributed by atoms with van der Waals surface area (Å²) in [5.74, 6) is 0.958. The summed E-state index contributed by atoms with van der Waals surface area (Å²) in [5.41, 5.74) is 0.302. The van der Waals surface area contributed by atoms with Crippen molar-refractivity contribution in [2.75, 3.05) is 7.05 Å². The first-order valence-corrected chi connectivity index (χ1v) is 8.68. The Hall–Kier alpha value is -1.78. The van der Waals surface area contributed by atoms with Gasteiger partial charge in [0.2, 0.25) is 15.9 Å². The first kappa shape index (κ1) is 17.6. The zero-order chi connectivity index (χ0) is 17.2. The Kier molecular flexibility index (Phi) is 5.17. The van der Waals surface area contributed by atoms with Crippen molar-refractivity contribution in [3.05, 3.63) is 23.2 Å². The number of nitrogens with zero attached hydrogens (tertiary/aromatic N) is 3. The van der Waals surface area contributed by atoms with Gasteiger partial charge in [0.15, 0.2) is 11.6 Å². The molecule has 0 radical (unpaired) electrons. The predicted molar refractivity (Wildman–Crippen MR) is 81.2 cm³/mol. The smallest absolute Gasteiger partial charge is 0.246 e. The number of rotatable bonds is 7. The molecule has 2 atom stereocenters. The van der Waals surface area contributed by atoms with Crippen LogP contribution in [0.5, 0.6) is 0 Å². The van der Waals surface area contributed by atoms with Crippen LogP contribution in [0.25, 0.3) is 0 Å². The third kappa shape index (κ3) is 3.95. The van der Waals surface area contributed by atoms with Gasteiger partial charge in [-0.25, -0.2) is 8.42 Å². The fourth-order valence-electron chi connectivity index (χ4n) is 2.10. The van der Waals surface area contributed by atoms with Crippen LogP contribution < -0.4 is 10.0 Å². The lowest BCUT2D eigenvalue weighted by Crippen LogP contribution is -2.28. The number of aryl methyl sites for hydroxylation is 2. The molecule has 0 aromatic carbocycles. The van der Waals surface area contributed by atoms with Crippen LogP contribution in [0.2, 0.25) is 0 Å². The molecule has 2 unspecified atom stereocenters. The van der Waals surface area contributed by atoms with E-state index in [1.54, 1.807) is 20.8 Å². The van der Waals surface area contributed by atoms with Crippen LogP contribution >= 0.6 is 0 Å². The maximum absolute atomic E-state index is 12.4. The van der Waals surface area contributed by atoms with E-state index in [1.807, 2.05) is 14.0 Å². The van der Waals surface area contributed by atoms with Gasteiger partial charge in [-0.3, -0.25) is 0 Å². The molecule has 0 amide bonds. The van der Waals surface area contributed by atoms with E-state index >= 15 is 0 Å². The first-order valence-electron chi connectivity index (χ1n) is 7.19. The second-order valence-corrected chi connectivity index (χ2v) is 7.09. The van der Waals surface area contributed by atoms with Gasteiger partial charge < -0.3 is 14.4 Å². The highest BCUT2D eigenvalue weighted by atomic mass is 32.2. The van der Waals surface area contributed by atoms with Gasteiger partial charge in [0.05, 0.1) is 6.04 Å². The first-order chi connectivity index (χ1) is 10.7. The summed E-state index contributed by atoms with van der Waals surface area (Å²) in [6.45, 7) is 6.73. The molecule has 2 rings (SSSR count). The van der Waals surface area contributed by atoms with Crippen molar-refractivity contribution in [3.8, 4) is 0 Å². The molecule has 0 saturated heterocycles. The molecule has 0 saturated carbocycles. The third-order valence-corrected chi connectivity index (χ3v) is 5.19. The van der Waals surface area contributed by atoms with E-state index in [4.69, 9.17) is 9.05 Å². The molecule has 0 spiro atoms. The predicted octanol–water partition coefficient (Wildman–Crippen LogP) is 0.864. The zero-order valence-electron chi connectivity index (χ0n) is 13.7. The monoisotopic (exact) mass is 343 g/mol. The zero-order valence-corrected chi connectivity index (χ0v) is 14.6. The molecule has 23 heavy (non-hydrogen) atoms. The Morgan fingerprint density at radius 1 is 1.17 bits per heavy atom. The minimum atomic E-state index is -3.79. The molecule has 0 aliphatic rings. The molecule has 2 heterocycles. The SMILES string of the molecule is CNC(C)Cc1noc(C(C)NS(=O)(=O)c2c(C)noc2C)n1. The standard InChI is InChI=1S/C13H21N5O4S/c1-7(14-5)6-11-15-13(22-17-11)9(3)18-23(19,20)12-8(2)16-21-10(12)4/h7,9,14,18H,6H2,1-5H3. The van der Waals surface area contributed by atoms with E-state index in [-0.39, 0.29) is 22.6 Å². The van der Waals surface area contributed by atoms with Crippen molar-refractivity contribution in [2.24, 2.45) is 0 Å². The van der Waals surface area contributed by atoms with E-state index in [9.17, 15) is 8.42 Å². The molecule has 10 heteroatoms. The van der Waals surface area contributed by atoms with Crippen LogP contribution in [-0.4, -0.2) is 36.8 Å². The molecule has 128 valence electrons. The van der Waals surface area contributed by atoms with Crippen molar-refractivity contribution in [3.63, 3.8) is 0 Å². The molecule has 0 aliphatic carbocycles. The van der Waals surface area contributed by atoms with E-state index < -0.39 is 16.1 Å². The number of nitrogens with one attached hydrogen (secondary N) is 2. The quantitative estimate of drug-likeness (QED) is 0.759. The maximum atomic E-state index is 12.4. The van der Waals surface area contributed by atoms with Crippen molar-refractivity contribution in [1.82, 2.24) is 25.3 Å². The largest absolute Gasteiger partial charge is 0.360 e. The van der Waals surface area contributed by atoms with Crippen LogP contribution in [0.1, 0.15) is 43.1 Å². The van der Waals surface area contributed by atoms with E-state index in [0.717, 1.165) is 0 Å². The van der Waals surface area contributed by atoms with E-state index in [1.165, 1.54) is 0 Å². The van der Waals surface area contributed by atoms with Gasteiger partial charge in [0.25, 0.3) is 0 Å². The number of hydrogen-bond donors (Lipinski definition) is 2. The Labute approximate surface area is 134 Å². The number of sulfonamides is 1. The molecular weight excluding hydrogens is 322 g/mol. The lowest BCUT2D eigenvalue weighted by Gasteiger charge is -2.10. The highest BCUT2D eigenvalue weighted by Gasteiger charge is 2.28. The summed E-state index contributed by atoms with van der Waals surface area (Å²) >= 11 is 0. The molecule has 0 bridgehead atoms. The highest BCUT2D eigenvalue weighted by Crippen LogP contribution is 2.21. The molecule has 0 fully saturated rings. The summed E-state index contributed by atoms with van der Waals surface area (Å²) < 4.78 is 37.4. The third-order valence-electron chi connectivity index (χ3n) is 3.40. The molecule has 2 aromatic rings. The number of aromatic nitrogens is 3. The van der Waals surface area contributed by atoms with Crippen molar-refractivity contribution in [2.45, 2.75) is 51.1 Å². The minimum Gasteiger partial charge on any atom is -0.360 e. The van der Waals surface area contributed by atoms with Crippen LogP contribution in [0.3, 0.4) is 0 Å².